The number of methoxy groups -OCH3 is 1. The summed E-state index contributed by atoms with van der Waals surface area (Å²) in [7, 11) is 1.63. The first kappa shape index (κ1) is 11.5. The summed E-state index contributed by atoms with van der Waals surface area (Å²) in [5.74, 6) is 1.22. The number of ether oxygens (including phenoxy) is 1. The predicted octanol–water partition coefficient (Wildman–Crippen LogP) is 2.74. The molecule has 0 atom stereocenters. The van der Waals surface area contributed by atoms with E-state index in [0.29, 0.717) is 5.75 Å². The lowest BCUT2D eigenvalue weighted by Crippen LogP contribution is -1.92. The van der Waals surface area contributed by atoms with Gasteiger partial charge in [0.25, 0.3) is 5.75 Å². The SMILES string of the molecule is COc1cccc2c(-c3ccc([OH2+])cc3)ncnc12. The van der Waals surface area contributed by atoms with Gasteiger partial charge in [-0.05, 0) is 18.2 Å². The molecule has 1 heterocycles. The van der Waals surface area contributed by atoms with Crippen LogP contribution in [0, 0.1) is 0 Å². The summed E-state index contributed by atoms with van der Waals surface area (Å²) >= 11 is 0. The molecule has 4 nitrogen and oxygen atoms in total. The fourth-order valence-corrected chi connectivity index (χ4v) is 2.08. The predicted molar refractivity (Wildman–Crippen MR) is 74.6 cm³/mol. The van der Waals surface area contributed by atoms with Crippen LogP contribution in [-0.2, 0) is 0 Å². The highest BCUT2D eigenvalue weighted by Crippen LogP contribution is 2.30. The summed E-state index contributed by atoms with van der Waals surface area (Å²) < 4.78 is 5.32. The van der Waals surface area contributed by atoms with Crippen molar-refractivity contribution in [1.29, 1.82) is 0 Å². The van der Waals surface area contributed by atoms with Crippen molar-refractivity contribution in [3.8, 4) is 22.8 Å². The van der Waals surface area contributed by atoms with Gasteiger partial charge < -0.3 is 9.84 Å². The molecule has 2 aromatic carbocycles. The van der Waals surface area contributed by atoms with E-state index in [4.69, 9.17) is 9.84 Å². The number of aromatic nitrogens is 2. The van der Waals surface area contributed by atoms with Crippen LogP contribution in [0.5, 0.6) is 11.5 Å². The molecule has 2 N–H and O–H groups in total. The fourth-order valence-electron chi connectivity index (χ4n) is 2.08. The first-order valence-corrected chi connectivity index (χ1v) is 5.89. The van der Waals surface area contributed by atoms with Crippen LogP contribution in [0.15, 0.2) is 48.8 Å². The molecular formula is C15H13N2O2+. The zero-order valence-corrected chi connectivity index (χ0v) is 10.4. The zero-order valence-electron chi connectivity index (χ0n) is 10.4. The largest absolute Gasteiger partial charge is 0.593 e. The Morgan fingerprint density at radius 3 is 2.53 bits per heavy atom. The molecule has 0 amide bonds. The van der Waals surface area contributed by atoms with Gasteiger partial charge in [0.05, 0.1) is 12.8 Å². The lowest BCUT2D eigenvalue weighted by molar-refractivity contribution is 0.419. The Kier molecular flexibility index (Phi) is 2.76. The molecular weight excluding hydrogens is 240 g/mol. The Balaban J connectivity index is 2.27. The standard InChI is InChI=1S/C15H12N2O2/c1-19-13-4-2-3-12-14(16-9-17-15(12)13)10-5-7-11(18)8-6-10/h2-9,18H,1H3/p+1. The molecule has 0 saturated carbocycles. The van der Waals surface area contributed by atoms with Crippen LogP contribution < -0.4 is 4.74 Å². The van der Waals surface area contributed by atoms with Gasteiger partial charge in [-0.25, -0.2) is 9.97 Å². The number of benzene rings is 2. The molecule has 0 fully saturated rings. The van der Waals surface area contributed by atoms with Crippen molar-refractivity contribution in [1.82, 2.24) is 9.97 Å². The van der Waals surface area contributed by atoms with Gasteiger partial charge >= 0.3 is 0 Å². The van der Waals surface area contributed by atoms with Gasteiger partial charge in [-0.1, -0.05) is 12.1 Å². The topological polar surface area (TPSA) is 57.9 Å². The van der Waals surface area contributed by atoms with E-state index in [1.807, 2.05) is 30.3 Å². The molecule has 4 heteroatoms. The second-order valence-electron chi connectivity index (χ2n) is 4.16. The third-order valence-corrected chi connectivity index (χ3v) is 3.01. The molecule has 0 aliphatic rings. The second-order valence-corrected chi connectivity index (χ2v) is 4.16. The van der Waals surface area contributed by atoms with E-state index in [9.17, 15) is 0 Å². The van der Waals surface area contributed by atoms with Gasteiger partial charge in [0.1, 0.15) is 17.6 Å². The first-order valence-electron chi connectivity index (χ1n) is 5.89. The van der Waals surface area contributed by atoms with Crippen molar-refractivity contribution in [2.75, 3.05) is 7.11 Å². The maximum atomic E-state index is 7.53. The van der Waals surface area contributed by atoms with E-state index in [1.165, 1.54) is 6.33 Å². The summed E-state index contributed by atoms with van der Waals surface area (Å²) in [6.07, 6.45) is 1.54. The highest BCUT2D eigenvalue weighted by atomic mass is 16.5. The minimum atomic E-state index is 0.486. The molecule has 0 saturated heterocycles. The van der Waals surface area contributed by atoms with Crippen LogP contribution in [0.1, 0.15) is 0 Å². The van der Waals surface area contributed by atoms with Gasteiger partial charge in [0.2, 0.25) is 0 Å². The average Bonchev–Trinajstić information content (AvgIpc) is 2.47. The van der Waals surface area contributed by atoms with Crippen LogP contribution in [0.3, 0.4) is 0 Å². The molecule has 0 bridgehead atoms. The van der Waals surface area contributed by atoms with E-state index >= 15 is 0 Å². The maximum Gasteiger partial charge on any atom is 0.253 e. The van der Waals surface area contributed by atoms with E-state index in [2.05, 4.69) is 9.97 Å². The first-order chi connectivity index (χ1) is 9.29. The van der Waals surface area contributed by atoms with Crippen LogP contribution in [0.25, 0.3) is 22.2 Å². The number of fused-ring (bicyclic) bond motifs is 1. The van der Waals surface area contributed by atoms with Crippen LogP contribution in [-0.4, -0.2) is 22.2 Å². The Bertz CT molecular complexity index is 724. The van der Waals surface area contributed by atoms with E-state index in [0.717, 1.165) is 27.9 Å². The number of hydrogen-bond acceptors (Lipinski definition) is 3. The second kappa shape index (κ2) is 4.57. The monoisotopic (exact) mass is 253 g/mol. The molecule has 3 aromatic rings. The highest BCUT2D eigenvalue weighted by Gasteiger charge is 2.09. The van der Waals surface area contributed by atoms with Gasteiger partial charge in [-0.3, -0.25) is 0 Å². The van der Waals surface area contributed by atoms with E-state index in [-0.39, 0.29) is 0 Å². The number of hydrogen-bond donors (Lipinski definition) is 0. The minimum Gasteiger partial charge on any atom is -0.593 e. The van der Waals surface area contributed by atoms with Gasteiger partial charge in [-0.2, -0.15) is 0 Å². The summed E-state index contributed by atoms with van der Waals surface area (Å²) in [4.78, 5) is 8.64. The van der Waals surface area contributed by atoms with Crippen LogP contribution in [0.4, 0.5) is 0 Å². The third kappa shape index (κ3) is 1.97. The molecule has 0 radical (unpaired) electrons. The Morgan fingerprint density at radius 1 is 1.00 bits per heavy atom. The highest BCUT2D eigenvalue weighted by molar-refractivity contribution is 5.95. The molecule has 94 valence electrons. The van der Waals surface area contributed by atoms with E-state index in [1.54, 1.807) is 19.2 Å². The number of nitrogens with zero attached hydrogens (tertiary/aromatic N) is 2. The van der Waals surface area contributed by atoms with E-state index < -0.39 is 0 Å². The van der Waals surface area contributed by atoms with Crippen molar-refractivity contribution in [2.24, 2.45) is 0 Å². The van der Waals surface area contributed by atoms with Crippen molar-refractivity contribution >= 4 is 10.9 Å². The molecule has 3 rings (SSSR count). The zero-order chi connectivity index (χ0) is 13.2. The Labute approximate surface area is 110 Å². The van der Waals surface area contributed by atoms with Crippen molar-refractivity contribution < 1.29 is 9.84 Å². The normalized spacial score (nSPS) is 10.6. The maximum absolute atomic E-state index is 7.53. The molecule has 19 heavy (non-hydrogen) atoms. The van der Waals surface area contributed by atoms with Gasteiger partial charge in [-0.15, -0.1) is 0 Å². The Morgan fingerprint density at radius 2 is 1.79 bits per heavy atom. The summed E-state index contributed by atoms with van der Waals surface area (Å²) in [6.45, 7) is 0. The molecule has 1 aromatic heterocycles. The average molecular weight is 253 g/mol. The number of para-hydroxylation sites is 1. The quantitative estimate of drug-likeness (QED) is 0.660. The molecule has 0 spiro atoms. The molecule has 0 unspecified atom stereocenters. The number of rotatable bonds is 2. The lowest BCUT2D eigenvalue weighted by Gasteiger charge is -2.07. The Hall–Kier alpha value is -2.62. The van der Waals surface area contributed by atoms with Crippen molar-refractivity contribution in [2.45, 2.75) is 0 Å². The summed E-state index contributed by atoms with van der Waals surface area (Å²) in [5, 5.41) is 8.47. The minimum absolute atomic E-state index is 0.486. The summed E-state index contributed by atoms with van der Waals surface area (Å²) in [5.41, 5.74) is 2.62. The van der Waals surface area contributed by atoms with Gasteiger partial charge in [0.15, 0.2) is 0 Å². The third-order valence-electron chi connectivity index (χ3n) is 3.01. The molecule has 0 aliphatic heterocycles. The van der Waals surface area contributed by atoms with Crippen LogP contribution in [0.2, 0.25) is 0 Å². The van der Waals surface area contributed by atoms with Crippen molar-refractivity contribution in [3.63, 3.8) is 0 Å². The van der Waals surface area contributed by atoms with Gasteiger partial charge in [0, 0.05) is 23.1 Å². The fraction of sp³-hybridized carbons (Fsp3) is 0.0667. The summed E-state index contributed by atoms with van der Waals surface area (Å²) in [6, 6.07) is 13.1. The molecule has 0 aliphatic carbocycles. The van der Waals surface area contributed by atoms with Crippen molar-refractivity contribution in [3.05, 3.63) is 48.8 Å². The van der Waals surface area contributed by atoms with Crippen LogP contribution >= 0.6 is 0 Å². The lowest BCUT2D eigenvalue weighted by atomic mass is 10.1. The smallest absolute Gasteiger partial charge is 0.253 e.